The number of nitrogens with zero attached hydrogens (tertiary/aromatic N) is 2. The largest absolute Gasteiger partial charge is 0.494 e. The molecule has 0 aliphatic carbocycles. The first-order valence-corrected chi connectivity index (χ1v) is 7.95. The summed E-state index contributed by atoms with van der Waals surface area (Å²) in [6.07, 6.45) is 6.04. The highest BCUT2D eigenvalue weighted by molar-refractivity contribution is 6.08. The molecule has 0 fully saturated rings. The summed E-state index contributed by atoms with van der Waals surface area (Å²) in [5.74, 6) is 1.47. The molecule has 0 saturated heterocycles. The van der Waals surface area contributed by atoms with Crippen LogP contribution in [0, 0.1) is 12.8 Å². The van der Waals surface area contributed by atoms with Crippen LogP contribution in [0.25, 0.3) is 0 Å². The molecule has 1 aliphatic heterocycles. The maximum atomic E-state index is 5.74. The SMILES string of the molecule is CC1=NN=C(C)C1CCCCCCOc1ccc(C)cc1. The molecule has 0 aromatic heterocycles. The van der Waals surface area contributed by atoms with Gasteiger partial charge in [-0.3, -0.25) is 0 Å². The molecule has 1 aromatic rings. The van der Waals surface area contributed by atoms with Crippen molar-refractivity contribution in [3.05, 3.63) is 29.8 Å². The summed E-state index contributed by atoms with van der Waals surface area (Å²) in [5, 5.41) is 8.30. The lowest BCUT2D eigenvalue weighted by atomic mass is 9.93. The van der Waals surface area contributed by atoms with Crippen molar-refractivity contribution in [3.8, 4) is 5.75 Å². The van der Waals surface area contributed by atoms with E-state index in [2.05, 4.69) is 43.1 Å². The number of benzene rings is 1. The molecule has 0 bridgehead atoms. The lowest BCUT2D eigenvalue weighted by Gasteiger charge is -2.10. The molecular weight excluding hydrogens is 260 g/mol. The second-order valence-corrected chi connectivity index (χ2v) is 5.90. The number of hydrogen-bond acceptors (Lipinski definition) is 3. The Kier molecular flexibility index (Phi) is 5.97. The Morgan fingerprint density at radius 2 is 1.48 bits per heavy atom. The van der Waals surface area contributed by atoms with E-state index >= 15 is 0 Å². The second-order valence-electron chi connectivity index (χ2n) is 5.90. The zero-order valence-electron chi connectivity index (χ0n) is 13.4. The highest BCUT2D eigenvalue weighted by atomic mass is 16.5. The van der Waals surface area contributed by atoms with Crippen LogP contribution in [-0.4, -0.2) is 18.0 Å². The van der Waals surface area contributed by atoms with Gasteiger partial charge in [0.25, 0.3) is 0 Å². The average molecular weight is 286 g/mol. The maximum Gasteiger partial charge on any atom is 0.119 e. The van der Waals surface area contributed by atoms with Gasteiger partial charge in [-0.05, 0) is 45.7 Å². The molecule has 1 aromatic carbocycles. The average Bonchev–Trinajstić information content (AvgIpc) is 2.79. The fourth-order valence-corrected chi connectivity index (χ4v) is 2.65. The quantitative estimate of drug-likeness (QED) is 0.632. The predicted octanol–water partition coefficient (Wildman–Crippen LogP) is 4.79. The van der Waals surface area contributed by atoms with Crippen molar-refractivity contribution in [1.29, 1.82) is 0 Å². The van der Waals surface area contributed by atoms with Crippen LogP contribution in [0.5, 0.6) is 5.75 Å². The first kappa shape index (κ1) is 15.7. The lowest BCUT2D eigenvalue weighted by molar-refractivity contribution is 0.304. The fraction of sp³-hybridized carbons (Fsp3) is 0.556. The van der Waals surface area contributed by atoms with Crippen LogP contribution in [-0.2, 0) is 0 Å². The predicted molar refractivity (Wildman–Crippen MR) is 89.5 cm³/mol. The molecule has 0 N–H and O–H groups in total. The molecule has 3 nitrogen and oxygen atoms in total. The number of hydrogen-bond donors (Lipinski definition) is 0. The second kappa shape index (κ2) is 7.96. The van der Waals surface area contributed by atoms with E-state index in [0.717, 1.165) is 18.8 Å². The van der Waals surface area contributed by atoms with Crippen LogP contribution in [0.15, 0.2) is 34.5 Å². The normalized spacial score (nSPS) is 15.0. The van der Waals surface area contributed by atoms with Gasteiger partial charge in [-0.2, -0.15) is 10.2 Å². The first-order chi connectivity index (χ1) is 10.2. The Bertz CT molecular complexity index is 484. The summed E-state index contributed by atoms with van der Waals surface area (Å²) in [7, 11) is 0. The van der Waals surface area contributed by atoms with E-state index in [9.17, 15) is 0 Å². The van der Waals surface area contributed by atoms with Crippen molar-refractivity contribution in [2.24, 2.45) is 16.1 Å². The Balaban J connectivity index is 1.52. The molecule has 114 valence electrons. The number of aryl methyl sites for hydroxylation is 1. The van der Waals surface area contributed by atoms with Gasteiger partial charge in [0, 0.05) is 17.3 Å². The Morgan fingerprint density at radius 3 is 2.14 bits per heavy atom. The summed E-state index contributed by atoms with van der Waals surface area (Å²) in [6.45, 7) is 7.07. The molecular formula is C18H26N2O. The summed E-state index contributed by atoms with van der Waals surface area (Å²) in [6, 6.07) is 8.26. The van der Waals surface area contributed by atoms with Crippen molar-refractivity contribution in [3.63, 3.8) is 0 Å². The summed E-state index contributed by atoms with van der Waals surface area (Å²) < 4.78 is 5.74. The van der Waals surface area contributed by atoms with Crippen molar-refractivity contribution >= 4 is 11.4 Å². The fourth-order valence-electron chi connectivity index (χ4n) is 2.65. The van der Waals surface area contributed by atoms with Gasteiger partial charge in [-0.25, -0.2) is 0 Å². The molecule has 0 radical (unpaired) electrons. The van der Waals surface area contributed by atoms with Gasteiger partial charge in [0.1, 0.15) is 5.75 Å². The minimum atomic E-state index is 0.494. The highest BCUT2D eigenvalue weighted by Gasteiger charge is 2.19. The minimum Gasteiger partial charge on any atom is -0.494 e. The third-order valence-electron chi connectivity index (χ3n) is 4.05. The summed E-state index contributed by atoms with van der Waals surface area (Å²) in [5.41, 5.74) is 3.62. The van der Waals surface area contributed by atoms with Gasteiger partial charge in [0.2, 0.25) is 0 Å². The van der Waals surface area contributed by atoms with E-state index in [0.29, 0.717) is 5.92 Å². The van der Waals surface area contributed by atoms with E-state index < -0.39 is 0 Å². The van der Waals surface area contributed by atoms with Crippen LogP contribution in [0.4, 0.5) is 0 Å². The molecule has 0 atom stereocenters. The van der Waals surface area contributed by atoms with Gasteiger partial charge in [-0.15, -0.1) is 0 Å². The molecule has 0 unspecified atom stereocenters. The topological polar surface area (TPSA) is 34.0 Å². The van der Waals surface area contributed by atoms with Crippen LogP contribution < -0.4 is 4.74 Å². The Labute approximate surface area is 128 Å². The van der Waals surface area contributed by atoms with Gasteiger partial charge in [0.15, 0.2) is 0 Å². The van der Waals surface area contributed by atoms with E-state index in [1.165, 1.54) is 42.7 Å². The van der Waals surface area contributed by atoms with Crippen molar-refractivity contribution in [1.82, 2.24) is 0 Å². The van der Waals surface area contributed by atoms with Crippen LogP contribution in [0.2, 0.25) is 0 Å². The summed E-state index contributed by atoms with van der Waals surface area (Å²) in [4.78, 5) is 0. The number of rotatable bonds is 8. The number of ether oxygens (including phenoxy) is 1. The van der Waals surface area contributed by atoms with Crippen LogP contribution in [0.1, 0.15) is 51.5 Å². The smallest absolute Gasteiger partial charge is 0.119 e. The molecule has 3 heteroatoms. The van der Waals surface area contributed by atoms with Crippen molar-refractivity contribution in [2.45, 2.75) is 52.9 Å². The first-order valence-electron chi connectivity index (χ1n) is 7.95. The van der Waals surface area contributed by atoms with Gasteiger partial charge in [-0.1, -0.05) is 37.0 Å². The molecule has 0 spiro atoms. The van der Waals surface area contributed by atoms with Crippen molar-refractivity contribution < 1.29 is 4.74 Å². The standard InChI is InChI=1S/C18H26N2O/c1-14-9-11-17(12-10-14)21-13-7-5-4-6-8-18-15(2)19-20-16(18)3/h9-12,18H,4-8,13H2,1-3H3. The Hall–Kier alpha value is -1.64. The highest BCUT2D eigenvalue weighted by Crippen LogP contribution is 2.19. The van der Waals surface area contributed by atoms with Gasteiger partial charge >= 0.3 is 0 Å². The van der Waals surface area contributed by atoms with Crippen molar-refractivity contribution in [2.75, 3.05) is 6.61 Å². The zero-order valence-corrected chi connectivity index (χ0v) is 13.4. The lowest BCUT2D eigenvalue weighted by Crippen LogP contribution is -2.15. The molecule has 1 heterocycles. The van der Waals surface area contributed by atoms with E-state index in [1.54, 1.807) is 0 Å². The summed E-state index contributed by atoms with van der Waals surface area (Å²) >= 11 is 0. The van der Waals surface area contributed by atoms with Gasteiger partial charge < -0.3 is 4.74 Å². The molecule has 2 rings (SSSR count). The molecule has 1 aliphatic rings. The van der Waals surface area contributed by atoms with E-state index in [-0.39, 0.29) is 0 Å². The van der Waals surface area contributed by atoms with E-state index in [4.69, 9.17) is 4.74 Å². The third kappa shape index (κ3) is 5.00. The van der Waals surface area contributed by atoms with Gasteiger partial charge in [0.05, 0.1) is 6.61 Å². The van der Waals surface area contributed by atoms with Crippen LogP contribution >= 0.6 is 0 Å². The Morgan fingerprint density at radius 1 is 0.857 bits per heavy atom. The maximum absolute atomic E-state index is 5.74. The van der Waals surface area contributed by atoms with Crippen LogP contribution in [0.3, 0.4) is 0 Å². The molecule has 21 heavy (non-hydrogen) atoms. The minimum absolute atomic E-state index is 0.494. The zero-order chi connectivity index (χ0) is 15.1. The third-order valence-corrected chi connectivity index (χ3v) is 4.05. The van der Waals surface area contributed by atoms with E-state index in [1.807, 2.05) is 12.1 Å². The monoisotopic (exact) mass is 286 g/mol. The molecule has 0 saturated carbocycles. The number of unbranched alkanes of at least 4 members (excludes halogenated alkanes) is 3. The molecule has 0 amide bonds.